The van der Waals surface area contributed by atoms with Crippen LogP contribution >= 0.6 is 23.3 Å². The van der Waals surface area contributed by atoms with Crippen LogP contribution in [0.25, 0.3) is 0 Å². The predicted molar refractivity (Wildman–Crippen MR) is 63.0 cm³/mol. The maximum atomic E-state index is 11.6. The summed E-state index contributed by atoms with van der Waals surface area (Å²) in [5.74, 6) is 1.54. The number of rotatable bonds is 5. The molecule has 0 aliphatic carbocycles. The molecule has 0 atom stereocenters. The minimum atomic E-state index is -0.0248. The maximum absolute atomic E-state index is 11.6. The first kappa shape index (κ1) is 11.3. The van der Waals surface area contributed by atoms with Gasteiger partial charge in [-0.1, -0.05) is 18.7 Å². The second-order valence-electron chi connectivity index (χ2n) is 3.02. The van der Waals surface area contributed by atoms with E-state index < -0.39 is 0 Å². The van der Waals surface area contributed by atoms with E-state index in [4.69, 9.17) is 4.42 Å². The van der Waals surface area contributed by atoms with Gasteiger partial charge < -0.3 is 4.42 Å². The molecule has 0 unspecified atom stereocenters. The smallest absolute Gasteiger partial charge is 0.208 e. The maximum Gasteiger partial charge on any atom is 0.208 e. The van der Waals surface area contributed by atoms with Gasteiger partial charge in [-0.2, -0.15) is 4.37 Å². The van der Waals surface area contributed by atoms with Gasteiger partial charge in [0.1, 0.15) is 5.82 Å². The van der Waals surface area contributed by atoms with Crippen molar-refractivity contribution in [2.75, 3.05) is 5.75 Å². The first-order valence-corrected chi connectivity index (χ1v) is 6.57. The molecule has 0 fully saturated rings. The molecule has 2 heterocycles. The summed E-state index contributed by atoms with van der Waals surface area (Å²) in [5.41, 5.74) is 0. The van der Waals surface area contributed by atoms with Crippen LogP contribution in [0, 0.1) is 0 Å². The fraction of sp³-hybridized carbons (Fsp3) is 0.300. The van der Waals surface area contributed by atoms with E-state index in [9.17, 15) is 4.79 Å². The summed E-state index contributed by atoms with van der Waals surface area (Å²) >= 11 is 2.73. The largest absolute Gasteiger partial charge is 0.461 e. The number of hydrogen-bond donors (Lipinski definition) is 0. The van der Waals surface area contributed by atoms with Crippen molar-refractivity contribution >= 4 is 29.1 Å². The monoisotopic (exact) mass is 254 g/mol. The Morgan fingerprint density at radius 2 is 2.50 bits per heavy atom. The van der Waals surface area contributed by atoms with Gasteiger partial charge in [-0.05, 0) is 23.7 Å². The second kappa shape index (κ2) is 5.27. The molecular formula is C10H10N2O2S2. The Morgan fingerprint density at radius 3 is 3.12 bits per heavy atom. The number of carbonyl (C=O) groups excluding carboxylic acids is 1. The molecular weight excluding hydrogens is 244 g/mol. The Balaban J connectivity index is 1.90. The van der Waals surface area contributed by atoms with E-state index in [2.05, 4.69) is 9.36 Å². The molecule has 0 bridgehead atoms. The van der Waals surface area contributed by atoms with Gasteiger partial charge in [0.25, 0.3) is 0 Å². The summed E-state index contributed by atoms with van der Waals surface area (Å²) in [7, 11) is 0. The van der Waals surface area contributed by atoms with Gasteiger partial charge in [0.05, 0.1) is 12.0 Å². The molecule has 0 radical (unpaired) electrons. The molecule has 0 saturated heterocycles. The zero-order valence-corrected chi connectivity index (χ0v) is 10.3. The molecule has 2 rings (SSSR count). The molecule has 0 aliphatic rings. The van der Waals surface area contributed by atoms with Crippen molar-refractivity contribution in [1.82, 2.24) is 9.36 Å². The van der Waals surface area contributed by atoms with Crippen LogP contribution in [0.3, 0.4) is 0 Å². The van der Waals surface area contributed by atoms with Crippen molar-refractivity contribution in [1.29, 1.82) is 0 Å². The van der Waals surface area contributed by atoms with E-state index >= 15 is 0 Å². The molecule has 0 N–H and O–H groups in total. The van der Waals surface area contributed by atoms with Gasteiger partial charge in [0.15, 0.2) is 10.1 Å². The van der Waals surface area contributed by atoms with E-state index in [0.29, 0.717) is 11.5 Å². The normalized spacial score (nSPS) is 10.6. The van der Waals surface area contributed by atoms with Crippen LogP contribution in [-0.4, -0.2) is 20.9 Å². The average molecular weight is 254 g/mol. The minimum absolute atomic E-state index is 0.0248. The van der Waals surface area contributed by atoms with E-state index in [1.54, 1.807) is 12.1 Å². The van der Waals surface area contributed by atoms with Crippen molar-refractivity contribution in [3.63, 3.8) is 0 Å². The first-order valence-electron chi connectivity index (χ1n) is 4.81. The van der Waals surface area contributed by atoms with Crippen LogP contribution in [0.15, 0.2) is 27.2 Å². The molecule has 2 aromatic heterocycles. The second-order valence-corrected chi connectivity index (χ2v) is 4.99. The summed E-state index contributed by atoms with van der Waals surface area (Å²) in [5, 5.41) is 0. The average Bonchev–Trinajstić information content (AvgIpc) is 2.96. The molecule has 0 amide bonds. The number of hydrogen-bond acceptors (Lipinski definition) is 6. The number of nitrogens with zero attached hydrogens (tertiary/aromatic N) is 2. The van der Waals surface area contributed by atoms with E-state index in [1.807, 2.05) is 6.92 Å². The molecule has 84 valence electrons. The third kappa shape index (κ3) is 2.70. The molecule has 0 saturated carbocycles. The molecule has 0 aromatic carbocycles. The Hall–Kier alpha value is -1.14. The highest BCUT2D eigenvalue weighted by Crippen LogP contribution is 2.21. The lowest BCUT2D eigenvalue weighted by molar-refractivity contribution is 0.0992. The number of furan rings is 1. The van der Waals surface area contributed by atoms with Crippen molar-refractivity contribution in [3.8, 4) is 0 Å². The van der Waals surface area contributed by atoms with Gasteiger partial charge in [-0.3, -0.25) is 4.79 Å². The highest BCUT2D eigenvalue weighted by Gasteiger charge is 2.11. The lowest BCUT2D eigenvalue weighted by Gasteiger charge is -1.93. The SMILES string of the molecule is CCc1nsc(SCC(=O)c2ccco2)n1. The number of thioether (sulfide) groups is 1. The predicted octanol–water partition coefficient (Wildman–Crippen LogP) is 2.67. The van der Waals surface area contributed by atoms with Gasteiger partial charge in [-0.25, -0.2) is 4.98 Å². The standard InChI is InChI=1S/C10H10N2O2S2/c1-2-9-11-10(16-12-9)15-6-7(13)8-4-3-5-14-8/h3-5H,2,6H2,1H3. The van der Waals surface area contributed by atoms with Gasteiger partial charge in [0, 0.05) is 6.42 Å². The molecule has 0 aliphatic heterocycles. The Bertz CT molecular complexity index is 465. The van der Waals surface area contributed by atoms with Gasteiger partial charge in [-0.15, -0.1) is 0 Å². The lowest BCUT2D eigenvalue weighted by Crippen LogP contribution is -1.99. The van der Waals surface area contributed by atoms with Crippen LogP contribution in [0.4, 0.5) is 0 Å². The summed E-state index contributed by atoms with van der Waals surface area (Å²) < 4.78 is 10.00. The zero-order chi connectivity index (χ0) is 11.4. The van der Waals surface area contributed by atoms with E-state index in [0.717, 1.165) is 16.6 Å². The lowest BCUT2D eigenvalue weighted by atomic mass is 10.3. The quantitative estimate of drug-likeness (QED) is 0.606. The minimum Gasteiger partial charge on any atom is -0.461 e. The Morgan fingerprint density at radius 1 is 1.62 bits per heavy atom. The molecule has 4 nitrogen and oxygen atoms in total. The third-order valence-corrected chi connectivity index (χ3v) is 3.76. The number of Topliss-reactive ketones (excluding diaryl/α,β-unsaturated/α-hetero) is 1. The summed E-state index contributed by atoms with van der Waals surface area (Å²) in [6.45, 7) is 2.00. The van der Waals surface area contributed by atoms with Gasteiger partial charge in [0.2, 0.25) is 5.78 Å². The third-order valence-electron chi connectivity index (χ3n) is 1.89. The number of ketones is 1. The topological polar surface area (TPSA) is 56.0 Å². The number of carbonyl (C=O) groups is 1. The van der Waals surface area contributed by atoms with Gasteiger partial charge >= 0.3 is 0 Å². The van der Waals surface area contributed by atoms with E-state index in [1.165, 1.54) is 29.6 Å². The van der Waals surface area contributed by atoms with Crippen molar-refractivity contribution in [2.24, 2.45) is 0 Å². The highest BCUT2D eigenvalue weighted by atomic mass is 32.2. The number of aryl methyl sites for hydroxylation is 1. The highest BCUT2D eigenvalue weighted by molar-refractivity contribution is 8.01. The van der Waals surface area contributed by atoms with Crippen LogP contribution in [0.2, 0.25) is 0 Å². The Labute approximate surface area is 101 Å². The van der Waals surface area contributed by atoms with E-state index in [-0.39, 0.29) is 5.78 Å². The Kier molecular flexibility index (Phi) is 3.74. The zero-order valence-electron chi connectivity index (χ0n) is 8.67. The summed E-state index contributed by atoms with van der Waals surface area (Å²) in [4.78, 5) is 15.9. The fourth-order valence-corrected chi connectivity index (χ4v) is 2.64. The molecule has 0 spiro atoms. The van der Waals surface area contributed by atoms with Crippen LogP contribution < -0.4 is 0 Å². The first-order chi connectivity index (χ1) is 7.79. The van der Waals surface area contributed by atoms with Crippen molar-refractivity contribution < 1.29 is 9.21 Å². The van der Waals surface area contributed by atoms with Crippen LogP contribution in [0.1, 0.15) is 23.3 Å². The molecule has 6 heteroatoms. The number of aromatic nitrogens is 2. The summed E-state index contributed by atoms with van der Waals surface area (Å²) in [6, 6.07) is 3.37. The van der Waals surface area contributed by atoms with Crippen molar-refractivity contribution in [3.05, 3.63) is 30.0 Å². The summed E-state index contributed by atoms with van der Waals surface area (Å²) in [6.07, 6.45) is 2.32. The van der Waals surface area contributed by atoms with Crippen LogP contribution in [-0.2, 0) is 6.42 Å². The molecule has 2 aromatic rings. The van der Waals surface area contributed by atoms with Crippen molar-refractivity contribution in [2.45, 2.75) is 17.7 Å². The fourth-order valence-electron chi connectivity index (χ4n) is 1.08. The molecule has 16 heavy (non-hydrogen) atoms. The van der Waals surface area contributed by atoms with Crippen LogP contribution in [0.5, 0.6) is 0 Å².